The van der Waals surface area contributed by atoms with Gasteiger partial charge in [0.15, 0.2) is 5.03 Å². The van der Waals surface area contributed by atoms with Crippen LogP contribution in [0.15, 0.2) is 70.8 Å². The third-order valence-electron chi connectivity index (χ3n) is 4.72. The number of halogens is 3. The first-order chi connectivity index (χ1) is 15.1. The maximum atomic E-state index is 12.7. The molecule has 0 aliphatic carbocycles. The molecule has 0 unspecified atom stereocenters. The molecular weight excluding hydrogens is 447 g/mol. The maximum absolute atomic E-state index is 12.7. The van der Waals surface area contributed by atoms with Gasteiger partial charge in [0, 0.05) is 24.5 Å². The Hall–Kier alpha value is -3.67. The van der Waals surface area contributed by atoms with Crippen molar-refractivity contribution in [3.8, 4) is 0 Å². The monoisotopic (exact) mass is 463 g/mol. The quantitative estimate of drug-likeness (QED) is 0.615. The minimum atomic E-state index is -4.61. The van der Waals surface area contributed by atoms with Crippen LogP contribution in [0.1, 0.15) is 16.7 Å². The van der Waals surface area contributed by atoms with Gasteiger partial charge in [0.05, 0.1) is 17.0 Å². The number of hydrogen-bond donors (Lipinski definition) is 2. The summed E-state index contributed by atoms with van der Waals surface area (Å²) >= 11 is 0. The molecule has 2 amide bonds. The van der Waals surface area contributed by atoms with Crippen LogP contribution in [0, 0.1) is 0 Å². The van der Waals surface area contributed by atoms with Gasteiger partial charge in [-0.1, -0.05) is 18.2 Å². The van der Waals surface area contributed by atoms with Gasteiger partial charge in [-0.2, -0.15) is 13.2 Å². The summed E-state index contributed by atoms with van der Waals surface area (Å²) in [5, 5.41) is 3.60. The average Bonchev–Trinajstić information content (AvgIpc) is 3.22. The van der Waals surface area contributed by atoms with Crippen molar-refractivity contribution in [3.63, 3.8) is 0 Å². The maximum Gasteiger partial charge on any atom is 0.417 e. The molecule has 0 spiro atoms. The third kappa shape index (κ3) is 4.35. The molecule has 0 fully saturated rings. The number of nitrogens with zero attached hydrogens (tertiary/aromatic N) is 3. The zero-order valence-corrected chi connectivity index (χ0v) is 17.1. The number of hydrogen-bond acceptors (Lipinski definition) is 6. The molecule has 0 saturated carbocycles. The van der Waals surface area contributed by atoms with Crippen LogP contribution in [-0.4, -0.2) is 29.4 Å². The summed E-state index contributed by atoms with van der Waals surface area (Å²) in [5.74, 6) is 0.606. The van der Waals surface area contributed by atoms with Crippen molar-refractivity contribution in [2.24, 2.45) is 0 Å². The lowest BCUT2D eigenvalue weighted by Crippen LogP contribution is -2.39. The summed E-state index contributed by atoms with van der Waals surface area (Å²) in [6.07, 6.45) is -2.51. The van der Waals surface area contributed by atoms with Crippen LogP contribution in [0.3, 0.4) is 0 Å². The van der Waals surface area contributed by atoms with Gasteiger partial charge in [-0.25, -0.2) is 28.2 Å². The lowest BCUT2D eigenvalue weighted by molar-refractivity contribution is -0.137. The Bertz CT molecular complexity index is 1220. The molecule has 1 aromatic carbocycles. The Morgan fingerprint density at radius 1 is 1.09 bits per heavy atom. The van der Waals surface area contributed by atoms with E-state index in [0.717, 1.165) is 11.6 Å². The van der Waals surface area contributed by atoms with E-state index in [0.29, 0.717) is 30.2 Å². The van der Waals surface area contributed by atoms with Crippen molar-refractivity contribution in [3.05, 3.63) is 77.6 Å². The van der Waals surface area contributed by atoms with Crippen LogP contribution in [0.25, 0.3) is 0 Å². The van der Waals surface area contributed by atoms with E-state index in [-0.39, 0.29) is 17.5 Å². The molecule has 8 nitrogen and oxygen atoms in total. The van der Waals surface area contributed by atoms with E-state index in [1.165, 1.54) is 29.3 Å². The average molecular weight is 463 g/mol. The Morgan fingerprint density at radius 3 is 2.47 bits per heavy atom. The number of sulfone groups is 1. The highest BCUT2D eigenvalue weighted by Gasteiger charge is 2.31. The van der Waals surface area contributed by atoms with Crippen LogP contribution in [0.5, 0.6) is 0 Å². The fourth-order valence-corrected chi connectivity index (χ4v) is 4.19. The van der Waals surface area contributed by atoms with Crippen molar-refractivity contribution < 1.29 is 26.4 Å². The predicted octanol–water partition coefficient (Wildman–Crippen LogP) is 3.38. The van der Waals surface area contributed by atoms with Gasteiger partial charge in [-0.3, -0.25) is 5.43 Å². The van der Waals surface area contributed by atoms with Crippen molar-refractivity contribution in [2.75, 3.05) is 5.43 Å². The molecule has 0 radical (unpaired) electrons. The molecule has 1 aliphatic heterocycles. The molecule has 32 heavy (non-hydrogen) atoms. The third-order valence-corrected chi connectivity index (χ3v) is 6.41. The fourth-order valence-electron chi connectivity index (χ4n) is 3.01. The lowest BCUT2D eigenvalue weighted by atomic mass is 10.2. The highest BCUT2D eigenvalue weighted by molar-refractivity contribution is 7.91. The standard InChI is InChI=1S/C20H16F3N5O3S/c21-20(22,23)15-5-8-17(25-11-15)32(30,31)16-6-3-13(4-7-16)10-26-19(29)28-12-14-2-1-9-24-18(14)27-28/h1-9,11H,10,12H2,(H,24,27)(H,26,29). The molecule has 166 valence electrons. The van der Waals surface area contributed by atoms with Crippen LogP contribution in [0.2, 0.25) is 0 Å². The number of rotatable bonds is 4. The molecule has 2 N–H and O–H groups in total. The summed E-state index contributed by atoms with van der Waals surface area (Å²) in [6, 6.07) is 10.4. The number of pyridine rings is 2. The van der Waals surface area contributed by atoms with E-state index in [1.807, 2.05) is 6.07 Å². The van der Waals surface area contributed by atoms with Crippen LogP contribution in [-0.2, 0) is 29.1 Å². The Balaban J connectivity index is 1.39. The highest BCUT2D eigenvalue weighted by Crippen LogP contribution is 2.29. The number of urea groups is 1. The Labute approximate surface area is 181 Å². The minimum Gasteiger partial charge on any atom is -0.332 e. The molecule has 3 aromatic rings. The largest absolute Gasteiger partial charge is 0.417 e. The summed E-state index contributed by atoms with van der Waals surface area (Å²) in [5.41, 5.74) is 3.37. The number of fused-ring (bicyclic) bond motifs is 1. The molecule has 0 saturated heterocycles. The van der Waals surface area contributed by atoms with Gasteiger partial charge >= 0.3 is 12.2 Å². The SMILES string of the molecule is O=C(NCc1ccc(S(=O)(=O)c2ccc(C(F)(F)F)cn2)cc1)N1Cc2cccnc2N1. The first-order valence-electron chi connectivity index (χ1n) is 9.28. The second kappa shape index (κ2) is 8.11. The number of amides is 2. The first kappa shape index (κ1) is 21.6. The normalized spacial score (nSPS) is 13.4. The zero-order chi connectivity index (χ0) is 22.9. The summed E-state index contributed by atoms with van der Waals surface area (Å²) in [7, 11) is -4.08. The zero-order valence-electron chi connectivity index (χ0n) is 16.3. The van der Waals surface area contributed by atoms with E-state index >= 15 is 0 Å². The molecule has 0 bridgehead atoms. The molecule has 12 heteroatoms. The number of nitrogens with one attached hydrogen (secondary N) is 2. The first-order valence-corrected chi connectivity index (χ1v) is 10.8. The second-order valence-electron chi connectivity index (χ2n) is 6.90. The van der Waals surface area contributed by atoms with Crippen LogP contribution < -0.4 is 10.7 Å². The van der Waals surface area contributed by atoms with Crippen molar-refractivity contribution >= 4 is 21.7 Å². The van der Waals surface area contributed by atoms with E-state index in [4.69, 9.17) is 0 Å². The van der Waals surface area contributed by atoms with Gasteiger partial charge in [-0.05, 0) is 35.9 Å². The second-order valence-corrected chi connectivity index (χ2v) is 8.79. The summed E-state index contributed by atoms with van der Waals surface area (Å²) in [4.78, 5) is 19.8. The topological polar surface area (TPSA) is 104 Å². The molecule has 2 aromatic heterocycles. The molecule has 1 aliphatic rings. The predicted molar refractivity (Wildman–Crippen MR) is 107 cm³/mol. The smallest absolute Gasteiger partial charge is 0.332 e. The van der Waals surface area contributed by atoms with E-state index < -0.39 is 26.6 Å². The van der Waals surface area contributed by atoms with Crippen molar-refractivity contribution in [1.82, 2.24) is 20.3 Å². The summed E-state index contributed by atoms with van der Waals surface area (Å²) < 4.78 is 63.2. The van der Waals surface area contributed by atoms with E-state index in [1.54, 1.807) is 12.3 Å². The van der Waals surface area contributed by atoms with Gasteiger partial charge in [-0.15, -0.1) is 0 Å². The Kier molecular flexibility index (Phi) is 5.46. The van der Waals surface area contributed by atoms with Crippen molar-refractivity contribution in [1.29, 1.82) is 0 Å². The Morgan fingerprint density at radius 2 is 1.84 bits per heavy atom. The number of anilines is 1. The van der Waals surface area contributed by atoms with Crippen molar-refractivity contribution in [2.45, 2.75) is 29.2 Å². The van der Waals surface area contributed by atoms with E-state index in [2.05, 4.69) is 20.7 Å². The number of alkyl halides is 3. The number of carbonyl (C=O) groups excluding carboxylic acids is 1. The van der Waals surface area contributed by atoms with Gasteiger partial charge in [0.2, 0.25) is 9.84 Å². The van der Waals surface area contributed by atoms with Crippen LogP contribution >= 0.6 is 0 Å². The van der Waals surface area contributed by atoms with E-state index in [9.17, 15) is 26.4 Å². The fraction of sp³-hybridized carbons (Fsp3) is 0.150. The number of hydrazine groups is 1. The summed E-state index contributed by atoms with van der Waals surface area (Å²) in [6.45, 7) is 0.492. The van der Waals surface area contributed by atoms with Crippen LogP contribution in [0.4, 0.5) is 23.8 Å². The number of carbonyl (C=O) groups is 1. The number of aromatic nitrogens is 2. The van der Waals surface area contributed by atoms with Gasteiger partial charge in [0.25, 0.3) is 0 Å². The highest BCUT2D eigenvalue weighted by atomic mass is 32.2. The molecule has 3 heterocycles. The van der Waals surface area contributed by atoms with Gasteiger partial charge < -0.3 is 5.32 Å². The molecular formula is C20H16F3N5O3S. The lowest BCUT2D eigenvalue weighted by Gasteiger charge is -2.17. The molecule has 4 rings (SSSR count). The minimum absolute atomic E-state index is 0.123. The van der Waals surface area contributed by atoms with Gasteiger partial charge in [0.1, 0.15) is 5.82 Å². The molecule has 0 atom stereocenters. The number of benzene rings is 1.